The number of aryl methyl sites for hydroxylation is 2. The van der Waals surface area contributed by atoms with E-state index in [0.29, 0.717) is 23.7 Å². The van der Waals surface area contributed by atoms with Crippen LogP contribution in [-0.2, 0) is 20.6 Å². The first-order valence-electron chi connectivity index (χ1n) is 8.90. The molecule has 0 spiro atoms. The van der Waals surface area contributed by atoms with E-state index in [1.54, 1.807) is 7.05 Å². The molecule has 0 atom stereocenters. The largest absolute Gasteiger partial charge is 0.356 e. The average molecular weight is 355 g/mol. The van der Waals surface area contributed by atoms with E-state index in [1.807, 2.05) is 35.8 Å². The Balaban J connectivity index is 2.23. The molecule has 0 aliphatic heterocycles. The Morgan fingerprint density at radius 1 is 1.12 bits per heavy atom. The third-order valence-corrected chi connectivity index (χ3v) is 4.75. The first kappa shape index (κ1) is 18.0. The van der Waals surface area contributed by atoms with Gasteiger partial charge in [0.1, 0.15) is 0 Å². The molecule has 0 saturated heterocycles. The number of hydrogen-bond acceptors (Lipinski definition) is 4. The summed E-state index contributed by atoms with van der Waals surface area (Å²) in [5.41, 5.74) is 2.41. The summed E-state index contributed by atoms with van der Waals surface area (Å²) in [5.74, 6) is 0.620. The lowest BCUT2D eigenvalue weighted by Crippen LogP contribution is -2.37. The monoisotopic (exact) mass is 355 g/mol. The number of anilines is 1. The minimum Gasteiger partial charge on any atom is -0.356 e. The van der Waals surface area contributed by atoms with Gasteiger partial charge in [-0.2, -0.15) is 4.98 Å². The number of rotatable bonds is 6. The third kappa shape index (κ3) is 3.05. The summed E-state index contributed by atoms with van der Waals surface area (Å²) in [6, 6.07) is 8.07. The van der Waals surface area contributed by atoms with Crippen LogP contribution in [-0.4, -0.2) is 25.2 Å². The SMILES string of the molecule is CCCCNc1nc2c(c(=O)n(C)c(=O)n2C)n1Cc1ccccc1C. The second-order valence-electron chi connectivity index (χ2n) is 6.61. The highest BCUT2D eigenvalue weighted by molar-refractivity contribution is 5.74. The quantitative estimate of drug-likeness (QED) is 0.687. The van der Waals surface area contributed by atoms with Gasteiger partial charge in [0.25, 0.3) is 5.56 Å². The Labute approximate surface area is 151 Å². The van der Waals surface area contributed by atoms with Gasteiger partial charge in [-0.1, -0.05) is 37.6 Å². The zero-order valence-corrected chi connectivity index (χ0v) is 15.7. The maximum Gasteiger partial charge on any atom is 0.332 e. The summed E-state index contributed by atoms with van der Waals surface area (Å²) >= 11 is 0. The van der Waals surface area contributed by atoms with Crippen LogP contribution in [0.4, 0.5) is 5.95 Å². The normalized spacial score (nSPS) is 11.2. The van der Waals surface area contributed by atoms with Gasteiger partial charge in [-0.05, 0) is 24.5 Å². The molecular weight excluding hydrogens is 330 g/mol. The number of nitrogens with one attached hydrogen (secondary N) is 1. The highest BCUT2D eigenvalue weighted by Gasteiger charge is 2.19. The summed E-state index contributed by atoms with van der Waals surface area (Å²) in [4.78, 5) is 29.6. The fourth-order valence-corrected chi connectivity index (χ4v) is 3.07. The van der Waals surface area contributed by atoms with Crippen molar-refractivity contribution >= 4 is 17.1 Å². The van der Waals surface area contributed by atoms with Gasteiger partial charge in [0.15, 0.2) is 11.2 Å². The van der Waals surface area contributed by atoms with Crippen molar-refractivity contribution in [1.82, 2.24) is 18.7 Å². The van der Waals surface area contributed by atoms with Crippen LogP contribution in [0.3, 0.4) is 0 Å². The molecule has 1 N–H and O–H groups in total. The van der Waals surface area contributed by atoms with Crippen LogP contribution < -0.4 is 16.6 Å². The van der Waals surface area contributed by atoms with Gasteiger partial charge in [0.2, 0.25) is 5.95 Å². The molecule has 0 fully saturated rings. The second-order valence-corrected chi connectivity index (χ2v) is 6.61. The van der Waals surface area contributed by atoms with Crippen LogP contribution in [0.2, 0.25) is 0 Å². The summed E-state index contributed by atoms with van der Waals surface area (Å²) in [6.45, 7) is 5.46. The topological polar surface area (TPSA) is 73.8 Å². The molecule has 0 radical (unpaired) electrons. The number of unbranched alkanes of at least 4 members (excludes halogenated alkanes) is 1. The van der Waals surface area contributed by atoms with Crippen molar-refractivity contribution in [3.63, 3.8) is 0 Å². The van der Waals surface area contributed by atoms with E-state index in [1.165, 1.54) is 11.6 Å². The van der Waals surface area contributed by atoms with E-state index in [4.69, 9.17) is 0 Å². The van der Waals surface area contributed by atoms with Crippen molar-refractivity contribution in [3.05, 3.63) is 56.2 Å². The first-order valence-corrected chi connectivity index (χ1v) is 8.90. The van der Waals surface area contributed by atoms with E-state index in [2.05, 4.69) is 17.2 Å². The van der Waals surface area contributed by atoms with E-state index in [0.717, 1.165) is 35.1 Å². The molecule has 26 heavy (non-hydrogen) atoms. The Bertz CT molecular complexity index is 1060. The Hall–Kier alpha value is -2.83. The maximum absolute atomic E-state index is 12.8. The minimum absolute atomic E-state index is 0.326. The van der Waals surface area contributed by atoms with Crippen LogP contribution in [0.5, 0.6) is 0 Å². The van der Waals surface area contributed by atoms with Gasteiger partial charge in [-0.15, -0.1) is 0 Å². The third-order valence-electron chi connectivity index (χ3n) is 4.75. The molecule has 138 valence electrons. The van der Waals surface area contributed by atoms with Crippen molar-refractivity contribution in [2.45, 2.75) is 33.2 Å². The van der Waals surface area contributed by atoms with Crippen molar-refractivity contribution in [1.29, 1.82) is 0 Å². The van der Waals surface area contributed by atoms with E-state index < -0.39 is 0 Å². The lowest BCUT2D eigenvalue weighted by Gasteiger charge is -2.12. The fourth-order valence-electron chi connectivity index (χ4n) is 3.07. The summed E-state index contributed by atoms with van der Waals surface area (Å²) in [5, 5.41) is 3.33. The molecule has 0 unspecified atom stereocenters. The number of benzene rings is 1. The zero-order chi connectivity index (χ0) is 18.8. The van der Waals surface area contributed by atoms with E-state index >= 15 is 0 Å². The highest BCUT2D eigenvalue weighted by Crippen LogP contribution is 2.19. The highest BCUT2D eigenvalue weighted by atomic mass is 16.2. The Kier molecular flexibility index (Phi) is 4.97. The molecule has 3 aromatic rings. The van der Waals surface area contributed by atoms with E-state index in [9.17, 15) is 9.59 Å². The summed E-state index contributed by atoms with van der Waals surface area (Å²) in [6.07, 6.45) is 2.07. The smallest absolute Gasteiger partial charge is 0.332 e. The lowest BCUT2D eigenvalue weighted by molar-refractivity contribution is 0.702. The minimum atomic E-state index is -0.372. The molecule has 0 aliphatic carbocycles. The number of imidazole rings is 1. The Morgan fingerprint density at radius 2 is 1.85 bits per heavy atom. The van der Waals surface area contributed by atoms with Gasteiger partial charge in [-0.3, -0.25) is 18.5 Å². The lowest BCUT2D eigenvalue weighted by atomic mass is 10.1. The van der Waals surface area contributed by atoms with Gasteiger partial charge >= 0.3 is 5.69 Å². The summed E-state index contributed by atoms with van der Waals surface area (Å²) in [7, 11) is 3.14. The van der Waals surface area contributed by atoms with Gasteiger partial charge in [-0.25, -0.2) is 4.79 Å². The first-order chi connectivity index (χ1) is 12.5. The van der Waals surface area contributed by atoms with Crippen LogP contribution in [0, 0.1) is 6.92 Å². The molecule has 0 saturated carbocycles. The molecule has 7 nitrogen and oxygen atoms in total. The van der Waals surface area contributed by atoms with Crippen LogP contribution in [0.15, 0.2) is 33.9 Å². The van der Waals surface area contributed by atoms with Crippen molar-refractivity contribution in [2.75, 3.05) is 11.9 Å². The van der Waals surface area contributed by atoms with Gasteiger partial charge < -0.3 is 5.32 Å². The van der Waals surface area contributed by atoms with Gasteiger partial charge in [0.05, 0.1) is 6.54 Å². The number of hydrogen-bond donors (Lipinski definition) is 1. The molecule has 1 aromatic carbocycles. The maximum atomic E-state index is 12.8. The fraction of sp³-hybridized carbons (Fsp3) is 0.421. The molecule has 2 aromatic heterocycles. The van der Waals surface area contributed by atoms with Crippen LogP contribution in [0.25, 0.3) is 11.2 Å². The van der Waals surface area contributed by atoms with E-state index in [-0.39, 0.29) is 11.2 Å². The number of fused-ring (bicyclic) bond motifs is 1. The Morgan fingerprint density at radius 3 is 2.54 bits per heavy atom. The molecule has 7 heteroatoms. The second kappa shape index (κ2) is 7.19. The molecule has 0 amide bonds. The number of aromatic nitrogens is 4. The molecular formula is C19H25N5O2. The van der Waals surface area contributed by atoms with Crippen molar-refractivity contribution in [3.8, 4) is 0 Å². The predicted molar refractivity (Wildman–Crippen MR) is 104 cm³/mol. The summed E-state index contributed by atoms with van der Waals surface area (Å²) < 4.78 is 4.44. The standard InChI is InChI=1S/C19H25N5O2/c1-5-6-11-20-18-21-16-15(17(25)23(4)19(26)22(16)3)24(18)12-14-10-8-7-9-13(14)2/h7-10H,5-6,11-12H2,1-4H3,(H,20,21). The van der Waals surface area contributed by atoms with Gasteiger partial charge in [0, 0.05) is 20.6 Å². The average Bonchev–Trinajstić information content (AvgIpc) is 2.99. The molecule has 0 bridgehead atoms. The molecule has 3 rings (SSSR count). The van der Waals surface area contributed by atoms with Crippen molar-refractivity contribution < 1.29 is 0 Å². The predicted octanol–water partition coefficient (Wildman–Crippen LogP) is 2.00. The molecule has 2 heterocycles. The number of nitrogens with zero attached hydrogens (tertiary/aromatic N) is 4. The molecule has 0 aliphatic rings. The zero-order valence-electron chi connectivity index (χ0n) is 15.7. The van der Waals surface area contributed by atoms with Crippen molar-refractivity contribution in [2.24, 2.45) is 14.1 Å². The van der Waals surface area contributed by atoms with Crippen LogP contribution >= 0.6 is 0 Å². The van der Waals surface area contributed by atoms with Crippen LogP contribution in [0.1, 0.15) is 30.9 Å².